The summed E-state index contributed by atoms with van der Waals surface area (Å²) in [4.78, 5) is 6.36. The van der Waals surface area contributed by atoms with Crippen LogP contribution >= 0.6 is 0 Å². The number of rotatable bonds is 10. The normalized spacial score (nSPS) is 10.8. The standard InChI is InChI=1S/C26H32NO/c1-3-4-5-6-7-14-19-28-27-25(23-15-10-8-11-16-23)20-22(2)21-26(27)24-17-12-9-13-18-24/h8-13,15-18,20-21H,3-7,14,19H2,1-2H3/q+1. The molecule has 2 nitrogen and oxygen atoms in total. The molecule has 0 aliphatic heterocycles. The molecule has 0 saturated heterocycles. The molecule has 2 aromatic carbocycles. The number of nitrogens with zero attached hydrogens (tertiary/aromatic N) is 1. The average molecular weight is 375 g/mol. The fourth-order valence-corrected chi connectivity index (χ4v) is 3.52. The van der Waals surface area contributed by atoms with E-state index in [0.29, 0.717) is 0 Å². The molecule has 0 radical (unpaired) electrons. The van der Waals surface area contributed by atoms with E-state index in [2.05, 4.69) is 86.6 Å². The Labute approximate surface area is 169 Å². The molecule has 0 spiro atoms. The molecule has 0 saturated carbocycles. The van der Waals surface area contributed by atoms with Gasteiger partial charge in [-0.2, -0.15) is 0 Å². The van der Waals surface area contributed by atoms with Crippen molar-refractivity contribution in [1.29, 1.82) is 0 Å². The van der Waals surface area contributed by atoms with E-state index in [0.717, 1.165) is 24.4 Å². The first-order chi connectivity index (χ1) is 13.8. The lowest BCUT2D eigenvalue weighted by molar-refractivity contribution is -0.874. The first-order valence-electron chi connectivity index (χ1n) is 10.6. The Balaban J connectivity index is 1.86. The Morgan fingerprint density at radius 2 is 1.18 bits per heavy atom. The van der Waals surface area contributed by atoms with Gasteiger partial charge >= 0.3 is 0 Å². The molecule has 2 heteroatoms. The second kappa shape index (κ2) is 10.7. The SMILES string of the molecule is CCCCCCCCO[n+]1c(-c2ccccc2)cc(C)cc1-c1ccccc1. The number of benzene rings is 2. The van der Waals surface area contributed by atoms with Crippen LogP contribution in [-0.2, 0) is 0 Å². The van der Waals surface area contributed by atoms with Gasteiger partial charge in [0, 0.05) is 16.9 Å². The van der Waals surface area contributed by atoms with Crippen molar-refractivity contribution < 1.29 is 9.57 Å². The van der Waals surface area contributed by atoms with Gasteiger partial charge in [0.1, 0.15) is 0 Å². The number of aryl methyl sites for hydroxylation is 1. The van der Waals surface area contributed by atoms with E-state index in [-0.39, 0.29) is 0 Å². The maximum absolute atomic E-state index is 6.36. The molecule has 0 bridgehead atoms. The highest BCUT2D eigenvalue weighted by Crippen LogP contribution is 2.22. The van der Waals surface area contributed by atoms with Crippen LogP contribution in [0.4, 0.5) is 0 Å². The van der Waals surface area contributed by atoms with Gasteiger partial charge in [0.2, 0.25) is 0 Å². The fourth-order valence-electron chi connectivity index (χ4n) is 3.52. The van der Waals surface area contributed by atoms with Crippen LogP contribution in [0.5, 0.6) is 0 Å². The molecular formula is C26H32NO+. The van der Waals surface area contributed by atoms with Crippen LogP contribution in [0.3, 0.4) is 0 Å². The summed E-state index contributed by atoms with van der Waals surface area (Å²) in [6.07, 6.45) is 7.58. The maximum atomic E-state index is 6.36. The molecule has 0 N–H and O–H groups in total. The summed E-state index contributed by atoms with van der Waals surface area (Å²) < 4.78 is 2.03. The zero-order valence-electron chi connectivity index (χ0n) is 17.2. The van der Waals surface area contributed by atoms with E-state index < -0.39 is 0 Å². The molecule has 0 atom stereocenters. The van der Waals surface area contributed by atoms with Gasteiger partial charge in [-0.15, -0.1) is 0 Å². The molecule has 0 aliphatic rings. The maximum Gasteiger partial charge on any atom is 0.265 e. The van der Waals surface area contributed by atoms with E-state index in [1.807, 2.05) is 4.73 Å². The van der Waals surface area contributed by atoms with Crippen LogP contribution in [0.15, 0.2) is 72.8 Å². The van der Waals surface area contributed by atoms with Crippen LogP contribution in [0.1, 0.15) is 51.0 Å². The van der Waals surface area contributed by atoms with E-state index >= 15 is 0 Å². The Hall–Kier alpha value is -2.61. The Kier molecular flexibility index (Phi) is 7.66. The zero-order valence-corrected chi connectivity index (χ0v) is 17.2. The molecule has 28 heavy (non-hydrogen) atoms. The van der Waals surface area contributed by atoms with Crippen LogP contribution in [0.2, 0.25) is 0 Å². The second-order valence-corrected chi connectivity index (χ2v) is 7.43. The first kappa shape index (κ1) is 20.1. The minimum atomic E-state index is 0.736. The van der Waals surface area contributed by atoms with Crippen molar-refractivity contribution in [2.24, 2.45) is 0 Å². The number of unbranched alkanes of at least 4 members (excludes halogenated alkanes) is 5. The minimum Gasteiger partial charge on any atom is -0.270 e. The molecule has 3 rings (SSSR count). The highest BCUT2D eigenvalue weighted by atomic mass is 16.7. The zero-order chi connectivity index (χ0) is 19.6. The summed E-state index contributed by atoms with van der Waals surface area (Å²) in [7, 11) is 0. The van der Waals surface area contributed by atoms with Crippen LogP contribution in [0, 0.1) is 6.92 Å². The van der Waals surface area contributed by atoms with Crippen molar-refractivity contribution in [3.05, 3.63) is 78.4 Å². The van der Waals surface area contributed by atoms with Gasteiger partial charge in [0.15, 0.2) is 6.61 Å². The molecule has 3 aromatic rings. The smallest absolute Gasteiger partial charge is 0.265 e. The molecule has 1 aromatic heterocycles. The summed E-state index contributed by atoms with van der Waals surface area (Å²) in [5.74, 6) is 0. The van der Waals surface area contributed by atoms with E-state index in [1.165, 1.54) is 48.8 Å². The lowest BCUT2D eigenvalue weighted by Gasteiger charge is -2.10. The summed E-state index contributed by atoms with van der Waals surface area (Å²) in [5, 5.41) is 0. The third-order valence-electron chi connectivity index (χ3n) is 5.02. The van der Waals surface area contributed by atoms with Crippen molar-refractivity contribution >= 4 is 0 Å². The largest absolute Gasteiger partial charge is 0.270 e. The highest BCUT2D eigenvalue weighted by molar-refractivity contribution is 5.62. The Bertz CT molecular complexity index is 782. The lowest BCUT2D eigenvalue weighted by atomic mass is 10.1. The third-order valence-corrected chi connectivity index (χ3v) is 5.02. The molecule has 0 unspecified atom stereocenters. The van der Waals surface area contributed by atoms with Gasteiger partial charge in [-0.25, -0.2) is 0 Å². The second-order valence-electron chi connectivity index (χ2n) is 7.43. The topological polar surface area (TPSA) is 13.1 Å². The predicted molar refractivity (Wildman–Crippen MR) is 117 cm³/mol. The number of aromatic nitrogens is 1. The Morgan fingerprint density at radius 1 is 0.679 bits per heavy atom. The predicted octanol–water partition coefficient (Wildman–Crippen LogP) is 6.41. The van der Waals surface area contributed by atoms with Crippen molar-refractivity contribution in [3.8, 4) is 22.5 Å². The monoisotopic (exact) mass is 374 g/mol. The van der Waals surface area contributed by atoms with Crippen molar-refractivity contribution in [1.82, 2.24) is 0 Å². The van der Waals surface area contributed by atoms with Gasteiger partial charge in [0.25, 0.3) is 11.4 Å². The molecular weight excluding hydrogens is 342 g/mol. The van der Waals surface area contributed by atoms with Crippen molar-refractivity contribution in [3.63, 3.8) is 0 Å². The van der Waals surface area contributed by atoms with Crippen molar-refractivity contribution in [2.75, 3.05) is 6.61 Å². The summed E-state index contributed by atoms with van der Waals surface area (Å²) in [6.45, 7) is 5.14. The summed E-state index contributed by atoms with van der Waals surface area (Å²) in [6, 6.07) is 25.4. The van der Waals surface area contributed by atoms with Gasteiger partial charge in [-0.3, -0.25) is 4.84 Å². The third kappa shape index (κ3) is 5.45. The van der Waals surface area contributed by atoms with Crippen LogP contribution < -0.4 is 9.57 Å². The van der Waals surface area contributed by atoms with E-state index in [9.17, 15) is 0 Å². The minimum absolute atomic E-state index is 0.736. The molecule has 0 fully saturated rings. The first-order valence-corrected chi connectivity index (χ1v) is 10.6. The summed E-state index contributed by atoms with van der Waals surface area (Å²) >= 11 is 0. The highest BCUT2D eigenvalue weighted by Gasteiger charge is 2.23. The number of hydrogen-bond acceptors (Lipinski definition) is 1. The fraction of sp³-hybridized carbons (Fsp3) is 0.346. The van der Waals surface area contributed by atoms with Gasteiger partial charge in [-0.05, 0) is 49.6 Å². The van der Waals surface area contributed by atoms with Crippen LogP contribution in [0.25, 0.3) is 22.5 Å². The Morgan fingerprint density at radius 3 is 1.71 bits per heavy atom. The van der Waals surface area contributed by atoms with Crippen LogP contribution in [-0.4, -0.2) is 6.61 Å². The molecule has 0 aliphatic carbocycles. The lowest BCUT2D eigenvalue weighted by Crippen LogP contribution is -2.47. The number of hydrogen-bond donors (Lipinski definition) is 0. The summed E-state index contributed by atoms with van der Waals surface area (Å²) in [5.41, 5.74) is 5.78. The van der Waals surface area contributed by atoms with Gasteiger partial charge in [-0.1, -0.05) is 69.0 Å². The number of pyridine rings is 1. The molecule has 146 valence electrons. The van der Waals surface area contributed by atoms with E-state index in [1.54, 1.807) is 0 Å². The van der Waals surface area contributed by atoms with E-state index in [4.69, 9.17) is 4.84 Å². The van der Waals surface area contributed by atoms with Gasteiger partial charge < -0.3 is 0 Å². The van der Waals surface area contributed by atoms with Crippen molar-refractivity contribution in [2.45, 2.75) is 52.4 Å². The quantitative estimate of drug-likeness (QED) is 0.295. The molecule has 1 heterocycles. The average Bonchev–Trinajstić information content (AvgIpc) is 2.74. The molecule has 0 amide bonds. The van der Waals surface area contributed by atoms with Gasteiger partial charge in [0.05, 0.1) is 11.1 Å².